The number of anilines is 1. The van der Waals surface area contributed by atoms with Crippen molar-refractivity contribution in [1.29, 1.82) is 5.26 Å². The molecule has 1 saturated heterocycles. The van der Waals surface area contributed by atoms with Gasteiger partial charge in [0.2, 0.25) is 0 Å². The van der Waals surface area contributed by atoms with Gasteiger partial charge in [-0.25, -0.2) is 4.98 Å². The van der Waals surface area contributed by atoms with E-state index in [4.69, 9.17) is 4.98 Å². The second-order valence-electron chi connectivity index (χ2n) is 7.07. The van der Waals surface area contributed by atoms with Crippen LogP contribution in [0.15, 0.2) is 12.1 Å². The van der Waals surface area contributed by atoms with Gasteiger partial charge in [-0.3, -0.25) is 0 Å². The number of phenolic OH excluding ortho intramolecular Hbond substituents is 1. The third-order valence-corrected chi connectivity index (χ3v) is 4.68. The lowest BCUT2D eigenvalue weighted by Gasteiger charge is -2.36. The predicted molar refractivity (Wildman–Crippen MR) is 92.8 cm³/mol. The first-order valence-corrected chi connectivity index (χ1v) is 8.19. The molecule has 1 aliphatic rings. The van der Waals surface area contributed by atoms with Crippen molar-refractivity contribution in [2.24, 2.45) is 11.8 Å². The highest BCUT2D eigenvalue weighted by molar-refractivity contribution is 5.99. The number of hydrogen-bond acceptors (Lipinski definition) is 4. The lowest BCUT2D eigenvalue weighted by Crippen LogP contribution is -2.39. The first kappa shape index (κ1) is 15.6. The van der Waals surface area contributed by atoms with Crippen molar-refractivity contribution in [3.8, 4) is 11.8 Å². The Morgan fingerprint density at radius 3 is 2.48 bits per heavy atom. The molecule has 1 fully saturated rings. The number of piperidine rings is 1. The lowest BCUT2D eigenvalue weighted by molar-refractivity contribution is 0.355. The van der Waals surface area contributed by atoms with Gasteiger partial charge in [0.1, 0.15) is 17.6 Å². The summed E-state index contributed by atoms with van der Waals surface area (Å²) in [5, 5.41) is 21.7. The molecule has 1 N–H and O–H groups in total. The van der Waals surface area contributed by atoms with Crippen molar-refractivity contribution in [3.63, 3.8) is 0 Å². The molecule has 0 saturated carbocycles. The van der Waals surface area contributed by atoms with Gasteiger partial charge in [0.05, 0.1) is 10.9 Å². The van der Waals surface area contributed by atoms with Crippen LogP contribution in [-0.2, 0) is 0 Å². The highest BCUT2D eigenvalue weighted by atomic mass is 16.3. The first-order chi connectivity index (χ1) is 10.9. The smallest absolute Gasteiger partial charge is 0.145 e. The summed E-state index contributed by atoms with van der Waals surface area (Å²) < 4.78 is 0. The van der Waals surface area contributed by atoms with Gasteiger partial charge in [-0.2, -0.15) is 5.26 Å². The van der Waals surface area contributed by atoms with E-state index in [9.17, 15) is 10.4 Å². The zero-order valence-electron chi connectivity index (χ0n) is 14.2. The van der Waals surface area contributed by atoms with E-state index in [0.29, 0.717) is 22.8 Å². The van der Waals surface area contributed by atoms with Crippen LogP contribution in [0.1, 0.15) is 37.1 Å². The minimum absolute atomic E-state index is 0.0656. The summed E-state index contributed by atoms with van der Waals surface area (Å²) in [6.07, 6.45) is 1.22. The molecule has 4 nitrogen and oxygen atoms in total. The highest BCUT2D eigenvalue weighted by Gasteiger charge is 2.26. The summed E-state index contributed by atoms with van der Waals surface area (Å²) in [6.45, 7) is 10.2. The minimum Gasteiger partial charge on any atom is -0.506 e. The summed E-state index contributed by atoms with van der Waals surface area (Å²) in [6, 6.07) is 6.07. The molecule has 2 atom stereocenters. The fourth-order valence-electron chi connectivity index (χ4n) is 3.86. The van der Waals surface area contributed by atoms with E-state index in [0.717, 1.165) is 35.6 Å². The third kappa shape index (κ3) is 2.72. The number of aryl methyl sites for hydroxylation is 2. The summed E-state index contributed by atoms with van der Waals surface area (Å²) in [7, 11) is 0. The Labute approximate surface area is 137 Å². The molecular formula is C19H23N3O. The molecule has 1 aromatic carbocycles. The molecule has 1 aromatic heterocycles. The van der Waals surface area contributed by atoms with Crippen molar-refractivity contribution < 1.29 is 5.11 Å². The van der Waals surface area contributed by atoms with Gasteiger partial charge in [0.15, 0.2) is 0 Å². The molecule has 0 spiro atoms. The van der Waals surface area contributed by atoms with E-state index >= 15 is 0 Å². The van der Waals surface area contributed by atoms with Crippen LogP contribution < -0.4 is 4.90 Å². The van der Waals surface area contributed by atoms with Gasteiger partial charge in [-0.05, 0) is 55.2 Å². The van der Waals surface area contributed by atoms with Gasteiger partial charge < -0.3 is 10.0 Å². The van der Waals surface area contributed by atoms with Gasteiger partial charge in [0, 0.05) is 18.8 Å². The molecule has 3 rings (SSSR count). The number of hydrogen-bond donors (Lipinski definition) is 1. The van der Waals surface area contributed by atoms with Crippen molar-refractivity contribution in [2.75, 3.05) is 18.0 Å². The summed E-state index contributed by atoms with van der Waals surface area (Å²) in [5.74, 6) is 2.07. The lowest BCUT2D eigenvalue weighted by atomic mass is 9.91. The molecule has 2 aromatic rings. The fraction of sp³-hybridized carbons (Fsp3) is 0.474. The SMILES string of the molecule is Cc1cc2cc(C)c(C#N)c(O)c2c(N2CC(C)CC(C)C2)n1. The van der Waals surface area contributed by atoms with Crippen LogP contribution in [0.4, 0.5) is 5.82 Å². The molecule has 0 radical (unpaired) electrons. The zero-order valence-corrected chi connectivity index (χ0v) is 14.2. The maximum atomic E-state index is 10.7. The number of fused-ring (bicyclic) bond motifs is 1. The number of nitriles is 1. The van der Waals surface area contributed by atoms with E-state index in [1.165, 1.54) is 6.42 Å². The molecule has 0 amide bonds. The Bertz CT molecular complexity index is 797. The number of phenols is 1. The van der Waals surface area contributed by atoms with Crippen LogP contribution in [0.5, 0.6) is 5.75 Å². The molecule has 0 aliphatic carbocycles. The second-order valence-corrected chi connectivity index (χ2v) is 7.07. The quantitative estimate of drug-likeness (QED) is 0.867. The number of pyridine rings is 1. The molecule has 2 unspecified atom stereocenters. The number of aromatic nitrogens is 1. The van der Waals surface area contributed by atoms with Crippen molar-refractivity contribution in [2.45, 2.75) is 34.1 Å². The van der Waals surface area contributed by atoms with Gasteiger partial charge >= 0.3 is 0 Å². The van der Waals surface area contributed by atoms with E-state index < -0.39 is 0 Å². The molecule has 120 valence electrons. The fourth-order valence-corrected chi connectivity index (χ4v) is 3.86. The van der Waals surface area contributed by atoms with Crippen molar-refractivity contribution in [1.82, 2.24) is 4.98 Å². The monoisotopic (exact) mass is 309 g/mol. The van der Waals surface area contributed by atoms with E-state index in [1.807, 2.05) is 26.0 Å². The Kier molecular flexibility index (Phi) is 3.89. The van der Waals surface area contributed by atoms with Crippen LogP contribution in [-0.4, -0.2) is 23.2 Å². The number of nitrogens with zero attached hydrogens (tertiary/aromatic N) is 3. The predicted octanol–water partition coefficient (Wildman–Crippen LogP) is 3.91. The number of rotatable bonds is 1. The van der Waals surface area contributed by atoms with E-state index in [2.05, 4.69) is 24.8 Å². The summed E-state index contributed by atoms with van der Waals surface area (Å²) in [4.78, 5) is 6.98. The van der Waals surface area contributed by atoms with E-state index in [-0.39, 0.29) is 5.75 Å². The Morgan fingerprint density at radius 1 is 1.22 bits per heavy atom. The van der Waals surface area contributed by atoms with Crippen LogP contribution in [0.2, 0.25) is 0 Å². The van der Waals surface area contributed by atoms with Crippen LogP contribution in [0, 0.1) is 37.0 Å². The average Bonchev–Trinajstić information content (AvgIpc) is 2.45. The summed E-state index contributed by atoms with van der Waals surface area (Å²) >= 11 is 0. The Balaban J connectivity index is 2.26. The van der Waals surface area contributed by atoms with Crippen LogP contribution >= 0.6 is 0 Å². The largest absolute Gasteiger partial charge is 0.506 e. The molecular weight excluding hydrogens is 286 g/mol. The molecule has 0 bridgehead atoms. The van der Waals surface area contributed by atoms with Crippen molar-refractivity contribution >= 4 is 16.6 Å². The maximum absolute atomic E-state index is 10.7. The topological polar surface area (TPSA) is 60.1 Å². The third-order valence-electron chi connectivity index (χ3n) is 4.68. The first-order valence-electron chi connectivity index (χ1n) is 8.19. The Morgan fingerprint density at radius 2 is 1.87 bits per heavy atom. The zero-order chi connectivity index (χ0) is 16.7. The minimum atomic E-state index is 0.0656. The maximum Gasteiger partial charge on any atom is 0.145 e. The standard InChI is InChI=1S/C19H23N3O/c1-11-5-12(2)10-22(9-11)19-17-15(7-14(4)21-19)6-13(3)16(8-20)18(17)23/h6-7,11-12,23H,5,9-10H2,1-4H3. The van der Waals surface area contributed by atoms with Gasteiger partial charge in [-0.1, -0.05) is 13.8 Å². The van der Waals surface area contributed by atoms with Gasteiger partial charge in [-0.15, -0.1) is 0 Å². The highest BCUT2D eigenvalue weighted by Crippen LogP contribution is 2.39. The molecule has 2 heterocycles. The Hall–Kier alpha value is -2.28. The van der Waals surface area contributed by atoms with Gasteiger partial charge in [0.25, 0.3) is 0 Å². The second kappa shape index (κ2) is 5.73. The number of aromatic hydroxyl groups is 1. The average molecular weight is 309 g/mol. The number of benzene rings is 1. The van der Waals surface area contributed by atoms with Crippen LogP contribution in [0.25, 0.3) is 10.8 Å². The molecule has 23 heavy (non-hydrogen) atoms. The van der Waals surface area contributed by atoms with Crippen molar-refractivity contribution in [3.05, 3.63) is 29.0 Å². The summed E-state index contributed by atoms with van der Waals surface area (Å²) in [5.41, 5.74) is 2.08. The molecule has 4 heteroatoms. The normalized spacial score (nSPS) is 21.4. The van der Waals surface area contributed by atoms with Crippen LogP contribution in [0.3, 0.4) is 0 Å². The molecule has 1 aliphatic heterocycles. The van der Waals surface area contributed by atoms with E-state index in [1.54, 1.807) is 0 Å².